The van der Waals surface area contributed by atoms with Gasteiger partial charge in [-0.1, -0.05) is 0 Å². The molecule has 0 saturated heterocycles. The predicted molar refractivity (Wildman–Crippen MR) is 47.4 cm³/mol. The minimum absolute atomic E-state index is 0.138. The third kappa shape index (κ3) is 1.97. The summed E-state index contributed by atoms with van der Waals surface area (Å²) in [6.07, 6.45) is 1.28. The maximum absolute atomic E-state index is 11.3. The number of furan rings is 1. The summed E-state index contributed by atoms with van der Waals surface area (Å²) in [7, 11) is 0. The summed E-state index contributed by atoms with van der Waals surface area (Å²) in [6, 6.07) is 0. The van der Waals surface area contributed by atoms with Crippen LogP contribution in [-0.2, 0) is 4.74 Å². The third-order valence-corrected chi connectivity index (χ3v) is 1.62. The molecule has 1 unspecified atom stereocenters. The van der Waals surface area contributed by atoms with Crippen LogP contribution in [0.1, 0.15) is 29.0 Å². The highest BCUT2D eigenvalue weighted by molar-refractivity contribution is 5.90. The number of hydrogen-bond donors (Lipinski definition) is 1. The fourth-order valence-corrected chi connectivity index (χ4v) is 0.968. The lowest BCUT2D eigenvalue weighted by molar-refractivity contribution is 0.0524. The Balaban J connectivity index is 2.92. The topological polar surface area (TPSA) is 94.9 Å². The molecule has 6 nitrogen and oxygen atoms in total. The highest BCUT2D eigenvalue weighted by Gasteiger charge is 2.20. The van der Waals surface area contributed by atoms with E-state index in [-0.39, 0.29) is 17.7 Å². The molecule has 6 heteroatoms. The van der Waals surface area contributed by atoms with E-state index in [4.69, 9.17) is 14.9 Å². The van der Waals surface area contributed by atoms with Gasteiger partial charge in [0.15, 0.2) is 6.17 Å². The molecular weight excluding hydrogens is 188 g/mol. The van der Waals surface area contributed by atoms with E-state index in [1.165, 1.54) is 12.5 Å². The number of nitrogens with zero attached hydrogens (tertiary/aromatic N) is 1. The van der Waals surface area contributed by atoms with Gasteiger partial charge in [-0.15, -0.1) is 4.91 Å². The zero-order valence-corrected chi connectivity index (χ0v) is 7.60. The number of carbonyl (C=O) groups is 1. The summed E-state index contributed by atoms with van der Waals surface area (Å²) in [5, 5.41) is 2.59. The van der Waals surface area contributed by atoms with Crippen molar-refractivity contribution in [1.29, 1.82) is 0 Å². The Labute approximate surface area is 80.0 Å². The van der Waals surface area contributed by atoms with Gasteiger partial charge in [0.2, 0.25) is 0 Å². The van der Waals surface area contributed by atoms with E-state index < -0.39 is 12.1 Å². The first kappa shape index (κ1) is 10.4. The normalized spacial score (nSPS) is 12.1. The molecule has 0 saturated carbocycles. The van der Waals surface area contributed by atoms with Crippen LogP contribution in [0, 0.1) is 4.91 Å². The van der Waals surface area contributed by atoms with Crippen molar-refractivity contribution in [2.45, 2.75) is 13.1 Å². The SMILES string of the molecule is CCOC(=O)c1cocc1C(N)N=O. The average molecular weight is 198 g/mol. The number of ether oxygens (including phenoxy) is 1. The minimum atomic E-state index is -1.10. The molecule has 0 amide bonds. The number of rotatable bonds is 4. The van der Waals surface area contributed by atoms with Crippen LogP contribution >= 0.6 is 0 Å². The molecule has 0 bridgehead atoms. The summed E-state index contributed by atoms with van der Waals surface area (Å²) < 4.78 is 9.48. The van der Waals surface area contributed by atoms with Crippen molar-refractivity contribution >= 4 is 5.97 Å². The molecule has 14 heavy (non-hydrogen) atoms. The number of carbonyl (C=O) groups excluding carboxylic acids is 1. The van der Waals surface area contributed by atoms with Gasteiger partial charge in [0, 0.05) is 5.56 Å². The summed E-state index contributed by atoms with van der Waals surface area (Å²) in [6.45, 7) is 1.92. The Morgan fingerprint density at radius 2 is 2.43 bits per heavy atom. The largest absolute Gasteiger partial charge is 0.471 e. The van der Waals surface area contributed by atoms with Gasteiger partial charge in [-0.05, 0) is 12.1 Å². The van der Waals surface area contributed by atoms with E-state index >= 15 is 0 Å². The first-order valence-corrected chi connectivity index (χ1v) is 4.02. The number of nitroso groups, excluding NO2 is 1. The molecule has 0 aliphatic carbocycles. The first-order valence-electron chi connectivity index (χ1n) is 4.02. The van der Waals surface area contributed by atoms with Crippen molar-refractivity contribution in [3.05, 3.63) is 28.6 Å². The summed E-state index contributed by atoms with van der Waals surface area (Å²) in [5.41, 5.74) is 5.70. The molecule has 1 aromatic heterocycles. The molecule has 76 valence electrons. The van der Waals surface area contributed by atoms with E-state index in [2.05, 4.69) is 5.18 Å². The minimum Gasteiger partial charge on any atom is -0.471 e. The second-order valence-corrected chi connectivity index (χ2v) is 2.51. The summed E-state index contributed by atoms with van der Waals surface area (Å²) in [5.74, 6) is -0.574. The highest BCUT2D eigenvalue weighted by Crippen LogP contribution is 2.19. The summed E-state index contributed by atoms with van der Waals surface area (Å²) >= 11 is 0. The Hall–Kier alpha value is -1.69. The molecular formula is C8H10N2O4. The lowest BCUT2D eigenvalue weighted by Gasteiger charge is -2.02. The van der Waals surface area contributed by atoms with Crippen LogP contribution in [0.4, 0.5) is 0 Å². The van der Waals surface area contributed by atoms with Gasteiger partial charge >= 0.3 is 5.97 Å². The third-order valence-electron chi connectivity index (χ3n) is 1.62. The van der Waals surface area contributed by atoms with E-state index in [0.717, 1.165) is 0 Å². The van der Waals surface area contributed by atoms with Crippen LogP contribution in [0.3, 0.4) is 0 Å². The molecule has 1 aromatic rings. The second kappa shape index (κ2) is 4.52. The van der Waals surface area contributed by atoms with Crippen molar-refractivity contribution in [1.82, 2.24) is 0 Å². The van der Waals surface area contributed by atoms with Crippen LogP contribution in [0.2, 0.25) is 0 Å². The van der Waals surface area contributed by atoms with Crippen molar-refractivity contribution < 1.29 is 13.9 Å². The van der Waals surface area contributed by atoms with E-state index in [1.54, 1.807) is 6.92 Å². The van der Waals surface area contributed by atoms with Gasteiger partial charge < -0.3 is 14.9 Å². The van der Waals surface area contributed by atoms with Crippen LogP contribution in [0.5, 0.6) is 0 Å². The van der Waals surface area contributed by atoms with Crippen molar-refractivity contribution in [2.24, 2.45) is 10.9 Å². The van der Waals surface area contributed by atoms with Gasteiger partial charge in [-0.3, -0.25) is 0 Å². The lowest BCUT2D eigenvalue weighted by atomic mass is 10.1. The van der Waals surface area contributed by atoms with Crippen LogP contribution in [-0.4, -0.2) is 12.6 Å². The molecule has 1 atom stereocenters. The van der Waals surface area contributed by atoms with Gasteiger partial charge in [0.1, 0.15) is 11.8 Å². The smallest absolute Gasteiger partial charge is 0.341 e. The zero-order valence-electron chi connectivity index (χ0n) is 7.60. The Morgan fingerprint density at radius 1 is 1.71 bits per heavy atom. The molecule has 0 aliphatic heterocycles. The second-order valence-electron chi connectivity index (χ2n) is 2.51. The molecule has 2 N–H and O–H groups in total. The number of esters is 1. The van der Waals surface area contributed by atoms with Crippen LogP contribution < -0.4 is 5.73 Å². The maximum atomic E-state index is 11.3. The van der Waals surface area contributed by atoms with Crippen molar-refractivity contribution in [3.63, 3.8) is 0 Å². The Bertz CT molecular complexity index is 334. The van der Waals surface area contributed by atoms with Gasteiger partial charge in [0.05, 0.1) is 12.9 Å². The van der Waals surface area contributed by atoms with Gasteiger partial charge in [-0.25, -0.2) is 4.79 Å². The molecule has 1 rings (SSSR count). The molecule has 0 aromatic carbocycles. The fourth-order valence-electron chi connectivity index (χ4n) is 0.968. The van der Waals surface area contributed by atoms with E-state index in [1.807, 2.05) is 0 Å². The van der Waals surface area contributed by atoms with E-state index in [9.17, 15) is 9.70 Å². The molecule has 0 radical (unpaired) electrons. The molecule has 1 heterocycles. The fraction of sp³-hybridized carbons (Fsp3) is 0.375. The standard InChI is InChI=1S/C8H10N2O4/c1-2-14-8(11)6-4-13-3-5(6)7(9)10-12/h3-4,7H,2,9H2,1H3. The molecule has 0 spiro atoms. The van der Waals surface area contributed by atoms with Crippen LogP contribution in [0.15, 0.2) is 22.1 Å². The maximum Gasteiger partial charge on any atom is 0.341 e. The van der Waals surface area contributed by atoms with E-state index in [0.29, 0.717) is 0 Å². The quantitative estimate of drug-likeness (QED) is 0.578. The van der Waals surface area contributed by atoms with Crippen LogP contribution in [0.25, 0.3) is 0 Å². The lowest BCUT2D eigenvalue weighted by Crippen LogP contribution is -2.12. The molecule has 0 aliphatic rings. The number of nitrogens with two attached hydrogens (primary N) is 1. The Kier molecular flexibility index (Phi) is 3.35. The summed E-state index contributed by atoms with van der Waals surface area (Å²) in [4.78, 5) is 21.4. The monoisotopic (exact) mass is 198 g/mol. The van der Waals surface area contributed by atoms with Crippen molar-refractivity contribution in [3.8, 4) is 0 Å². The van der Waals surface area contributed by atoms with Gasteiger partial charge in [-0.2, -0.15) is 0 Å². The first-order chi connectivity index (χ1) is 6.70. The Morgan fingerprint density at radius 3 is 3.00 bits per heavy atom. The zero-order chi connectivity index (χ0) is 10.6. The highest BCUT2D eigenvalue weighted by atomic mass is 16.5. The predicted octanol–water partition coefficient (Wildman–Crippen LogP) is 1.18. The van der Waals surface area contributed by atoms with Crippen molar-refractivity contribution in [2.75, 3.05) is 6.61 Å². The molecule has 0 fully saturated rings. The number of hydrogen-bond acceptors (Lipinski definition) is 6. The van der Waals surface area contributed by atoms with Gasteiger partial charge in [0.25, 0.3) is 0 Å². The average Bonchev–Trinajstić information content (AvgIpc) is 2.65.